The molecule has 0 aliphatic carbocycles. The summed E-state index contributed by atoms with van der Waals surface area (Å²) >= 11 is 6.06. The van der Waals surface area contributed by atoms with Crippen LogP contribution in [-0.4, -0.2) is 35.9 Å². The number of amides is 1. The van der Waals surface area contributed by atoms with Crippen LogP contribution in [0, 0.1) is 0 Å². The van der Waals surface area contributed by atoms with Gasteiger partial charge in [0.15, 0.2) is 6.61 Å². The third-order valence-electron chi connectivity index (χ3n) is 3.58. The van der Waals surface area contributed by atoms with Crippen molar-refractivity contribution in [2.45, 2.75) is 23.1 Å². The monoisotopic (exact) mass is 461 g/mol. The van der Waals surface area contributed by atoms with E-state index in [0.717, 1.165) is 0 Å². The summed E-state index contributed by atoms with van der Waals surface area (Å²) in [5, 5.41) is 7.56. The van der Waals surface area contributed by atoms with E-state index in [4.69, 9.17) is 21.5 Å². The summed E-state index contributed by atoms with van der Waals surface area (Å²) in [7, 11) is -7.49. The van der Waals surface area contributed by atoms with E-state index in [9.17, 15) is 21.6 Å². The number of rotatable bonds is 9. The molecule has 0 aromatic heterocycles. The standard InChI is InChI=1S/C17H20ClN3O6S2/c1-2-9-20-29(25,26)14-7-8-16(15(18)10-14)27-11-17(22)21-12-3-5-13(6-4-12)28(19,23)24/h3-8,10,20H,2,9,11H2,1H3,(H,21,22)(H2,19,23,24). The second-order valence-electron chi connectivity index (χ2n) is 5.90. The van der Waals surface area contributed by atoms with Crippen LogP contribution in [0.5, 0.6) is 5.75 Å². The Balaban J connectivity index is 1.98. The van der Waals surface area contributed by atoms with Crippen molar-refractivity contribution < 1.29 is 26.4 Å². The van der Waals surface area contributed by atoms with Gasteiger partial charge in [0.1, 0.15) is 5.75 Å². The van der Waals surface area contributed by atoms with Gasteiger partial charge in [-0.25, -0.2) is 26.7 Å². The van der Waals surface area contributed by atoms with Crippen LogP contribution in [-0.2, 0) is 24.8 Å². The van der Waals surface area contributed by atoms with Gasteiger partial charge in [-0.05, 0) is 48.9 Å². The van der Waals surface area contributed by atoms with E-state index < -0.39 is 32.6 Å². The normalized spacial score (nSPS) is 11.8. The maximum Gasteiger partial charge on any atom is 0.262 e. The highest BCUT2D eigenvalue weighted by molar-refractivity contribution is 7.89. The third kappa shape index (κ3) is 6.68. The van der Waals surface area contributed by atoms with Gasteiger partial charge in [0.2, 0.25) is 20.0 Å². The molecule has 29 heavy (non-hydrogen) atoms. The number of nitrogens with two attached hydrogens (primary N) is 1. The first-order valence-electron chi connectivity index (χ1n) is 8.37. The molecule has 0 aliphatic heterocycles. The van der Waals surface area contributed by atoms with Crippen molar-refractivity contribution in [3.05, 3.63) is 47.5 Å². The Hall–Kier alpha value is -2.18. The number of hydrogen-bond acceptors (Lipinski definition) is 6. The van der Waals surface area contributed by atoms with Crippen molar-refractivity contribution in [3.8, 4) is 5.75 Å². The smallest absolute Gasteiger partial charge is 0.262 e. The zero-order valence-electron chi connectivity index (χ0n) is 15.4. The predicted octanol–water partition coefficient (Wildman–Crippen LogP) is 1.69. The minimum Gasteiger partial charge on any atom is -0.482 e. The fourth-order valence-electron chi connectivity index (χ4n) is 2.15. The number of sulfonamides is 2. The van der Waals surface area contributed by atoms with Crippen LogP contribution in [0.15, 0.2) is 52.3 Å². The summed E-state index contributed by atoms with van der Waals surface area (Å²) in [5.41, 5.74) is 0.348. The lowest BCUT2D eigenvalue weighted by Gasteiger charge is -2.11. The zero-order valence-corrected chi connectivity index (χ0v) is 17.8. The second-order valence-corrected chi connectivity index (χ2v) is 9.63. The van der Waals surface area contributed by atoms with Gasteiger partial charge in [0.05, 0.1) is 14.8 Å². The minimum atomic E-state index is -3.82. The molecule has 0 saturated carbocycles. The van der Waals surface area contributed by atoms with Crippen molar-refractivity contribution in [2.75, 3.05) is 18.5 Å². The maximum absolute atomic E-state index is 12.1. The molecule has 0 spiro atoms. The summed E-state index contributed by atoms with van der Waals surface area (Å²) in [4.78, 5) is 11.9. The topological polar surface area (TPSA) is 145 Å². The molecule has 2 aromatic rings. The number of carbonyl (C=O) groups is 1. The van der Waals surface area contributed by atoms with Gasteiger partial charge in [-0.1, -0.05) is 18.5 Å². The van der Waals surface area contributed by atoms with Crippen molar-refractivity contribution in [1.29, 1.82) is 0 Å². The average molecular weight is 462 g/mol. The molecule has 0 aliphatic rings. The quantitative estimate of drug-likeness (QED) is 0.518. The zero-order chi connectivity index (χ0) is 21.7. The van der Waals surface area contributed by atoms with Gasteiger partial charge in [-0.15, -0.1) is 0 Å². The van der Waals surface area contributed by atoms with Crippen LogP contribution >= 0.6 is 11.6 Å². The molecule has 0 heterocycles. The summed E-state index contributed by atoms with van der Waals surface area (Å²) in [6, 6.07) is 9.20. The molecule has 158 valence electrons. The van der Waals surface area contributed by atoms with Gasteiger partial charge in [-0.2, -0.15) is 0 Å². The van der Waals surface area contributed by atoms with E-state index >= 15 is 0 Å². The number of hydrogen-bond donors (Lipinski definition) is 3. The summed E-state index contributed by atoms with van der Waals surface area (Å²) in [6.07, 6.45) is 0.647. The SMILES string of the molecule is CCCNS(=O)(=O)c1ccc(OCC(=O)Nc2ccc(S(N)(=O)=O)cc2)c(Cl)c1. The highest BCUT2D eigenvalue weighted by Crippen LogP contribution is 2.27. The van der Waals surface area contributed by atoms with Gasteiger partial charge in [0.25, 0.3) is 5.91 Å². The molecule has 0 atom stereocenters. The van der Waals surface area contributed by atoms with E-state index in [1.165, 1.54) is 42.5 Å². The van der Waals surface area contributed by atoms with Crippen LogP contribution in [0.25, 0.3) is 0 Å². The lowest BCUT2D eigenvalue weighted by Crippen LogP contribution is -2.24. The Morgan fingerprint density at radius 3 is 2.24 bits per heavy atom. The number of carbonyl (C=O) groups excluding carboxylic acids is 1. The number of primary sulfonamides is 1. The Morgan fingerprint density at radius 2 is 1.69 bits per heavy atom. The van der Waals surface area contributed by atoms with Crippen LogP contribution in [0.4, 0.5) is 5.69 Å². The molecular formula is C17H20ClN3O6S2. The van der Waals surface area contributed by atoms with Gasteiger partial charge >= 0.3 is 0 Å². The Labute approximate surface area is 174 Å². The fraction of sp³-hybridized carbons (Fsp3) is 0.235. The van der Waals surface area contributed by atoms with E-state index in [-0.39, 0.29) is 20.6 Å². The second kappa shape index (κ2) is 9.55. The Kier molecular flexibility index (Phi) is 7.60. The number of anilines is 1. The van der Waals surface area contributed by atoms with Crippen molar-refractivity contribution in [3.63, 3.8) is 0 Å². The highest BCUT2D eigenvalue weighted by Gasteiger charge is 2.16. The van der Waals surface area contributed by atoms with E-state index in [2.05, 4.69) is 10.0 Å². The number of ether oxygens (including phenoxy) is 1. The van der Waals surface area contributed by atoms with Crippen LogP contribution in [0.2, 0.25) is 5.02 Å². The Morgan fingerprint density at radius 1 is 1.07 bits per heavy atom. The van der Waals surface area contributed by atoms with E-state index in [0.29, 0.717) is 18.7 Å². The average Bonchev–Trinajstić information content (AvgIpc) is 2.65. The molecule has 0 saturated heterocycles. The summed E-state index contributed by atoms with van der Waals surface area (Å²) in [6.45, 7) is 1.75. The molecule has 4 N–H and O–H groups in total. The molecule has 1 amide bonds. The summed E-state index contributed by atoms with van der Waals surface area (Å²) in [5.74, 6) is -0.383. The molecule has 0 fully saturated rings. The predicted molar refractivity (Wildman–Crippen MR) is 109 cm³/mol. The van der Waals surface area contributed by atoms with E-state index in [1.807, 2.05) is 6.92 Å². The third-order valence-corrected chi connectivity index (χ3v) is 6.26. The van der Waals surface area contributed by atoms with Crippen LogP contribution in [0.3, 0.4) is 0 Å². The molecule has 2 aromatic carbocycles. The van der Waals surface area contributed by atoms with Gasteiger partial charge in [0, 0.05) is 12.2 Å². The minimum absolute atomic E-state index is 0.0114. The lowest BCUT2D eigenvalue weighted by molar-refractivity contribution is -0.118. The molecule has 0 bridgehead atoms. The fourth-order valence-corrected chi connectivity index (χ4v) is 4.13. The molecule has 0 radical (unpaired) electrons. The first-order valence-corrected chi connectivity index (χ1v) is 11.8. The van der Waals surface area contributed by atoms with Crippen molar-refractivity contribution in [1.82, 2.24) is 4.72 Å². The first kappa shape index (κ1) is 23.1. The van der Waals surface area contributed by atoms with Crippen LogP contribution in [0.1, 0.15) is 13.3 Å². The summed E-state index contributed by atoms with van der Waals surface area (Å²) < 4.78 is 54.4. The Bertz CT molecular complexity index is 1090. The highest BCUT2D eigenvalue weighted by atomic mass is 35.5. The van der Waals surface area contributed by atoms with Crippen molar-refractivity contribution in [2.24, 2.45) is 5.14 Å². The molecule has 2 rings (SSSR count). The van der Waals surface area contributed by atoms with Crippen LogP contribution < -0.4 is 19.9 Å². The molecule has 12 heteroatoms. The van der Waals surface area contributed by atoms with E-state index in [1.54, 1.807) is 0 Å². The first-order chi connectivity index (χ1) is 13.5. The van der Waals surface area contributed by atoms with Gasteiger partial charge < -0.3 is 10.1 Å². The van der Waals surface area contributed by atoms with Gasteiger partial charge in [-0.3, -0.25) is 4.79 Å². The lowest BCUT2D eigenvalue weighted by atomic mass is 10.3. The molecule has 0 unspecified atom stereocenters. The van der Waals surface area contributed by atoms with Crippen molar-refractivity contribution >= 4 is 43.2 Å². The largest absolute Gasteiger partial charge is 0.482 e. The number of nitrogens with one attached hydrogen (secondary N) is 2. The number of benzene rings is 2. The maximum atomic E-state index is 12.1. The molecular weight excluding hydrogens is 442 g/mol. The molecule has 9 nitrogen and oxygen atoms in total. The number of halogens is 1.